The van der Waals surface area contributed by atoms with E-state index in [-0.39, 0.29) is 11.9 Å². The van der Waals surface area contributed by atoms with E-state index in [4.69, 9.17) is 9.15 Å². The number of nitrogens with one attached hydrogen (secondary N) is 1. The molecule has 0 spiro atoms. The van der Waals surface area contributed by atoms with Crippen molar-refractivity contribution >= 4 is 40.0 Å². The molecule has 1 aliphatic rings. The van der Waals surface area contributed by atoms with Crippen LogP contribution in [0.4, 0.5) is 0 Å². The molecule has 1 amide bonds. The van der Waals surface area contributed by atoms with E-state index in [0.29, 0.717) is 24.0 Å². The lowest BCUT2D eigenvalue weighted by Gasteiger charge is -2.36. The Labute approximate surface area is 191 Å². The fourth-order valence-corrected chi connectivity index (χ4v) is 5.81. The minimum atomic E-state index is -0.152. The van der Waals surface area contributed by atoms with Gasteiger partial charge in [0, 0.05) is 53.5 Å². The summed E-state index contributed by atoms with van der Waals surface area (Å²) in [5.41, 5.74) is 2.69. The highest BCUT2D eigenvalue weighted by molar-refractivity contribution is 8.00. The molecule has 3 heterocycles. The van der Waals surface area contributed by atoms with Gasteiger partial charge in [0.25, 0.3) is 5.91 Å². The lowest BCUT2D eigenvalue weighted by molar-refractivity contribution is 0.00666. The minimum Gasteiger partial charge on any atom is -0.451 e. The molecule has 1 atom stereocenters. The first-order valence-electron chi connectivity index (χ1n) is 10.7. The van der Waals surface area contributed by atoms with Gasteiger partial charge in [0.1, 0.15) is 9.92 Å². The fourth-order valence-electron chi connectivity index (χ4n) is 3.93. The maximum absolute atomic E-state index is 13.2. The van der Waals surface area contributed by atoms with Gasteiger partial charge in [-0.25, -0.2) is 4.98 Å². The second-order valence-corrected chi connectivity index (χ2v) is 10.2. The molecule has 4 rings (SSSR count). The van der Waals surface area contributed by atoms with Gasteiger partial charge < -0.3 is 14.5 Å². The number of aromatic nitrogens is 1. The highest BCUT2D eigenvalue weighted by atomic mass is 32.2. The predicted octanol–water partition coefficient (Wildman–Crippen LogP) is 4.58. The molecule has 0 radical (unpaired) electrons. The molecule has 6 nitrogen and oxygen atoms in total. The number of fused-ring (bicyclic) bond motifs is 1. The number of hydrogen-bond acceptors (Lipinski definition) is 7. The number of carbonyl (C=O) groups excluding carboxylic acids is 1. The highest BCUT2D eigenvalue weighted by Crippen LogP contribution is 2.33. The van der Waals surface area contributed by atoms with Gasteiger partial charge in [-0.2, -0.15) is 0 Å². The third-order valence-electron chi connectivity index (χ3n) is 5.60. The number of morpholine rings is 1. The molecular formula is C23H29N3O3S2. The molecule has 166 valence electrons. The molecule has 1 saturated heterocycles. The van der Waals surface area contributed by atoms with Crippen molar-refractivity contribution in [3.8, 4) is 0 Å². The topological polar surface area (TPSA) is 67.6 Å². The van der Waals surface area contributed by atoms with Gasteiger partial charge in [-0.05, 0) is 18.9 Å². The minimum absolute atomic E-state index is 0.152. The summed E-state index contributed by atoms with van der Waals surface area (Å²) in [5, 5.41) is 6.17. The van der Waals surface area contributed by atoms with Gasteiger partial charge >= 0.3 is 0 Å². The number of benzene rings is 1. The van der Waals surface area contributed by atoms with Crippen molar-refractivity contribution in [2.45, 2.75) is 36.9 Å². The van der Waals surface area contributed by atoms with Gasteiger partial charge in [-0.3, -0.25) is 9.69 Å². The van der Waals surface area contributed by atoms with Crippen molar-refractivity contribution in [3.63, 3.8) is 0 Å². The van der Waals surface area contributed by atoms with Crippen molar-refractivity contribution in [3.05, 3.63) is 46.7 Å². The zero-order chi connectivity index (χ0) is 21.8. The largest absolute Gasteiger partial charge is 0.451 e. The van der Waals surface area contributed by atoms with E-state index in [2.05, 4.69) is 29.0 Å². The summed E-state index contributed by atoms with van der Waals surface area (Å²) in [7, 11) is 0. The summed E-state index contributed by atoms with van der Waals surface area (Å²) in [4.78, 5) is 20.1. The Morgan fingerprint density at radius 1 is 1.29 bits per heavy atom. The first-order valence-corrected chi connectivity index (χ1v) is 12.5. The highest BCUT2D eigenvalue weighted by Gasteiger charge is 2.26. The molecule has 3 aromatic rings. The van der Waals surface area contributed by atoms with Crippen LogP contribution in [-0.4, -0.2) is 54.7 Å². The Bertz CT molecular complexity index is 1020. The molecule has 0 bridgehead atoms. The van der Waals surface area contributed by atoms with Crippen molar-refractivity contribution in [2.24, 2.45) is 5.92 Å². The van der Waals surface area contributed by atoms with E-state index >= 15 is 0 Å². The Kier molecular flexibility index (Phi) is 7.32. The summed E-state index contributed by atoms with van der Waals surface area (Å²) < 4.78 is 12.5. The van der Waals surface area contributed by atoms with Crippen LogP contribution in [0.25, 0.3) is 11.0 Å². The van der Waals surface area contributed by atoms with E-state index < -0.39 is 0 Å². The van der Waals surface area contributed by atoms with Crippen LogP contribution in [0.3, 0.4) is 0 Å². The average molecular weight is 460 g/mol. The van der Waals surface area contributed by atoms with Gasteiger partial charge in [-0.15, -0.1) is 11.3 Å². The Balaban J connectivity index is 1.51. The Morgan fingerprint density at radius 2 is 2.06 bits per heavy atom. The maximum Gasteiger partial charge on any atom is 0.287 e. The number of rotatable bonds is 8. The number of furan rings is 1. The van der Waals surface area contributed by atoms with E-state index in [1.165, 1.54) is 0 Å². The second kappa shape index (κ2) is 10.2. The lowest BCUT2D eigenvalue weighted by Crippen LogP contribution is -2.51. The Hall–Kier alpha value is -1.87. The number of thioether (sulfide) groups is 1. The van der Waals surface area contributed by atoms with E-state index in [9.17, 15) is 4.79 Å². The number of aryl methyl sites for hydroxylation is 1. The van der Waals surface area contributed by atoms with Crippen molar-refractivity contribution in [1.82, 2.24) is 15.2 Å². The molecule has 2 aromatic heterocycles. The number of ether oxygens (including phenoxy) is 1. The van der Waals surface area contributed by atoms with Gasteiger partial charge in [0.2, 0.25) is 0 Å². The van der Waals surface area contributed by atoms with Crippen LogP contribution >= 0.6 is 23.1 Å². The summed E-state index contributed by atoms with van der Waals surface area (Å²) in [6, 6.07) is 8.12. The molecule has 1 aromatic carbocycles. The van der Waals surface area contributed by atoms with E-state index in [0.717, 1.165) is 52.9 Å². The van der Waals surface area contributed by atoms with E-state index in [1.54, 1.807) is 23.1 Å². The molecule has 1 fully saturated rings. The van der Waals surface area contributed by atoms with Crippen LogP contribution in [0.1, 0.15) is 35.7 Å². The first kappa shape index (κ1) is 22.3. The molecule has 1 unspecified atom stereocenters. The number of hydrogen-bond donors (Lipinski definition) is 1. The van der Waals surface area contributed by atoms with Gasteiger partial charge in [-0.1, -0.05) is 43.8 Å². The quantitative estimate of drug-likeness (QED) is 0.498. The maximum atomic E-state index is 13.2. The summed E-state index contributed by atoms with van der Waals surface area (Å²) >= 11 is 3.27. The van der Waals surface area contributed by atoms with Crippen molar-refractivity contribution in [2.75, 3.05) is 32.8 Å². The lowest BCUT2D eigenvalue weighted by atomic mass is 10.0. The molecular weight excluding hydrogens is 430 g/mol. The monoisotopic (exact) mass is 459 g/mol. The van der Waals surface area contributed by atoms with Crippen LogP contribution < -0.4 is 5.32 Å². The first-order chi connectivity index (χ1) is 15.0. The number of carbonyl (C=O) groups is 1. The summed E-state index contributed by atoms with van der Waals surface area (Å²) in [6.07, 6.45) is 0. The fraction of sp³-hybridized carbons (Fsp3) is 0.478. The van der Waals surface area contributed by atoms with Crippen LogP contribution in [0.15, 0.2) is 38.4 Å². The van der Waals surface area contributed by atoms with Crippen molar-refractivity contribution in [1.29, 1.82) is 0 Å². The van der Waals surface area contributed by atoms with Crippen LogP contribution in [-0.2, 0) is 10.5 Å². The number of amides is 1. The molecule has 0 saturated carbocycles. The molecule has 1 N–H and O–H groups in total. The molecule has 31 heavy (non-hydrogen) atoms. The number of thiazole rings is 1. The van der Waals surface area contributed by atoms with Gasteiger partial charge in [0.05, 0.1) is 13.2 Å². The molecule has 8 heteroatoms. The normalized spacial score (nSPS) is 16.1. The third-order valence-corrected chi connectivity index (χ3v) is 7.76. The average Bonchev–Trinajstić information content (AvgIpc) is 3.36. The van der Waals surface area contributed by atoms with Crippen LogP contribution in [0, 0.1) is 12.8 Å². The SMILES string of the molecule is Cc1csc(SCc2c(C(=O)NCC(C(C)C)N3CCOCC3)oc3ccccc23)n1. The smallest absolute Gasteiger partial charge is 0.287 e. The van der Waals surface area contributed by atoms with Crippen LogP contribution in [0.2, 0.25) is 0 Å². The zero-order valence-electron chi connectivity index (χ0n) is 18.2. The molecule has 0 aliphatic carbocycles. The summed E-state index contributed by atoms with van der Waals surface area (Å²) in [6.45, 7) is 10.3. The van der Waals surface area contributed by atoms with Crippen LogP contribution in [0.5, 0.6) is 0 Å². The van der Waals surface area contributed by atoms with E-state index in [1.807, 2.05) is 36.6 Å². The Morgan fingerprint density at radius 3 is 2.77 bits per heavy atom. The second-order valence-electron chi connectivity index (χ2n) is 8.12. The number of para-hydroxylation sites is 1. The number of nitrogens with zero attached hydrogens (tertiary/aromatic N) is 2. The standard InChI is InChI=1S/C23H29N3O3S2/c1-15(2)19(26-8-10-28-11-9-26)12-24-22(27)21-18(14-31-23-25-16(3)13-30-23)17-6-4-5-7-20(17)29-21/h4-7,13,15,19H,8-12,14H2,1-3H3,(H,24,27). The molecule has 1 aliphatic heterocycles. The predicted molar refractivity (Wildman–Crippen MR) is 126 cm³/mol. The third kappa shape index (κ3) is 5.31. The summed E-state index contributed by atoms with van der Waals surface area (Å²) in [5.74, 6) is 1.33. The van der Waals surface area contributed by atoms with Crippen molar-refractivity contribution < 1.29 is 13.9 Å². The zero-order valence-corrected chi connectivity index (χ0v) is 19.9. The van der Waals surface area contributed by atoms with Gasteiger partial charge in [0.15, 0.2) is 5.76 Å².